The molecule has 4 amide bonds. The Morgan fingerprint density at radius 3 is 1.18 bits per heavy atom. The zero-order valence-electron chi connectivity index (χ0n) is 53.3. The number of aromatic nitrogens is 4. The highest BCUT2D eigenvalue weighted by atomic mass is 16.6. The van der Waals surface area contributed by atoms with E-state index in [9.17, 15) is 53.1 Å². The van der Waals surface area contributed by atoms with Gasteiger partial charge in [0.15, 0.2) is 24.7 Å². The molecule has 6 heterocycles. The second-order valence-electron chi connectivity index (χ2n) is 23.1. The number of methoxy groups -OCH3 is 2. The lowest BCUT2D eigenvalue weighted by molar-refractivity contribution is -0.160. The van der Waals surface area contributed by atoms with Crippen LogP contribution in [0.5, 0.6) is 0 Å². The van der Waals surface area contributed by atoms with Gasteiger partial charge in [-0.3, -0.25) is 57.5 Å². The van der Waals surface area contributed by atoms with Crippen LogP contribution in [0, 0.1) is 55.4 Å². The first-order valence-electron chi connectivity index (χ1n) is 30.4. The fourth-order valence-electron chi connectivity index (χ4n) is 11.2. The van der Waals surface area contributed by atoms with Crippen LogP contribution in [-0.2, 0) is 57.1 Å². The molecule has 0 aliphatic carbocycles. The number of piperazine rings is 2. The van der Waals surface area contributed by atoms with Crippen LogP contribution in [0.1, 0.15) is 117 Å². The van der Waals surface area contributed by atoms with Crippen molar-refractivity contribution in [2.45, 2.75) is 143 Å². The molecule has 4 aliphatic rings. The molecule has 0 saturated carbocycles. The van der Waals surface area contributed by atoms with Gasteiger partial charge in [0.05, 0.1) is 52.0 Å². The number of rotatable bonds is 22. The largest absolute Gasteiger partial charge is 0.457 e. The van der Waals surface area contributed by atoms with E-state index in [2.05, 4.69) is 9.97 Å². The van der Waals surface area contributed by atoms with Crippen molar-refractivity contribution in [3.05, 3.63) is 134 Å². The van der Waals surface area contributed by atoms with E-state index in [1.54, 1.807) is 26.5 Å². The molecule has 4 fully saturated rings. The smallest absolute Gasteiger partial charge is 0.330 e. The third-order valence-corrected chi connectivity index (χ3v) is 17.0. The molecule has 2 aromatic carbocycles. The quantitative estimate of drug-likeness (QED) is 0.0750. The number of carbonyl (C=O) groups is 6. The van der Waals surface area contributed by atoms with Crippen molar-refractivity contribution in [3.63, 3.8) is 0 Å². The first-order chi connectivity index (χ1) is 42.9. The van der Waals surface area contributed by atoms with Crippen molar-refractivity contribution in [2.24, 2.45) is 0 Å². The maximum Gasteiger partial charge on any atom is 0.330 e. The molecule has 3 N–H and O–H groups in total. The van der Waals surface area contributed by atoms with Gasteiger partial charge in [-0.1, -0.05) is 6.92 Å². The minimum Gasteiger partial charge on any atom is -0.457 e. The molecule has 2 unspecified atom stereocenters. The Morgan fingerprint density at radius 2 is 0.833 bits per heavy atom. The third kappa shape index (κ3) is 17.0. The van der Waals surface area contributed by atoms with E-state index in [0.29, 0.717) is 75.5 Å². The lowest BCUT2D eigenvalue weighted by Crippen LogP contribution is -2.50. The topological polar surface area (TPSA) is 319 Å². The molecule has 8 rings (SSSR count). The molecule has 0 radical (unpaired) electrons. The maximum absolute atomic E-state index is 13.1. The fourth-order valence-corrected chi connectivity index (χ4v) is 11.2. The molecule has 27 heteroatoms. The van der Waals surface area contributed by atoms with Crippen LogP contribution >= 0.6 is 0 Å². The first kappa shape index (κ1) is 69.8. The SMILES string of the molecule is CC[C@H]1O[C@@H](n2cc(C)c(=O)[nH]c2=O)[C@@H](OCCOC)C1OC(=O)CCC(=O)N1CCN(C(=O)c2cc(C)c(C)c(C)c2)CC1.COCCO[C@H]1C(OC(=O)CCC(=O)N2CCN(C(=O)c3cc(C)c(C)c(C)c3)CC2)[C@@H](CO)O[C@H]1n1cc(C)c(=O)[nH]c1=O. The summed E-state index contributed by atoms with van der Waals surface area (Å²) in [5.41, 5.74) is 5.91. The zero-order valence-corrected chi connectivity index (χ0v) is 53.3. The molecule has 2 aromatic heterocycles. The van der Waals surface area contributed by atoms with Gasteiger partial charge in [0, 0.05) is 114 Å². The van der Waals surface area contributed by atoms with Gasteiger partial charge in [0.2, 0.25) is 11.8 Å². The van der Waals surface area contributed by atoms with Crippen LogP contribution in [0.15, 0.2) is 55.8 Å². The number of aliphatic hydroxyl groups excluding tert-OH is 1. The molecule has 4 saturated heterocycles. The summed E-state index contributed by atoms with van der Waals surface area (Å²) in [4.78, 5) is 138. The van der Waals surface area contributed by atoms with E-state index in [4.69, 9.17) is 37.9 Å². The number of H-pyrrole nitrogens is 2. The molecule has 0 bridgehead atoms. The summed E-state index contributed by atoms with van der Waals surface area (Å²) < 4.78 is 47.9. The van der Waals surface area contributed by atoms with E-state index < -0.39 is 90.1 Å². The molecule has 492 valence electrons. The second-order valence-corrected chi connectivity index (χ2v) is 23.1. The highest BCUT2D eigenvalue weighted by Gasteiger charge is 2.50. The van der Waals surface area contributed by atoms with Gasteiger partial charge in [0.25, 0.3) is 22.9 Å². The number of nitrogens with zero attached hydrogens (tertiary/aromatic N) is 6. The van der Waals surface area contributed by atoms with Crippen LogP contribution in [-0.4, -0.2) is 216 Å². The maximum atomic E-state index is 13.1. The molecular formula is C63H86N8O19. The van der Waals surface area contributed by atoms with Crippen molar-refractivity contribution in [1.29, 1.82) is 0 Å². The Balaban J connectivity index is 0.000000256. The number of aryl methyl sites for hydroxylation is 6. The van der Waals surface area contributed by atoms with Crippen molar-refractivity contribution < 1.29 is 71.8 Å². The van der Waals surface area contributed by atoms with Crippen molar-refractivity contribution in [1.82, 2.24) is 38.7 Å². The number of benzene rings is 2. The van der Waals surface area contributed by atoms with E-state index in [0.717, 1.165) is 32.4 Å². The van der Waals surface area contributed by atoms with E-state index >= 15 is 0 Å². The highest BCUT2D eigenvalue weighted by Crippen LogP contribution is 2.36. The van der Waals surface area contributed by atoms with Crippen molar-refractivity contribution >= 4 is 35.6 Å². The number of carbonyl (C=O) groups excluding carboxylic acids is 6. The Morgan fingerprint density at radius 1 is 0.489 bits per heavy atom. The molecule has 0 spiro atoms. The Hall–Kier alpha value is -7.66. The second kappa shape index (κ2) is 31.9. The van der Waals surface area contributed by atoms with Crippen LogP contribution in [0.25, 0.3) is 0 Å². The van der Waals surface area contributed by atoms with Crippen LogP contribution in [0.2, 0.25) is 0 Å². The number of ether oxygens (including phenoxy) is 8. The number of aliphatic hydroxyl groups is 1. The number of esters is 2. The van der Waals surface area contributed by atoms with Crippen LogP contribution in [0.4, 0.5) is 0 Å². The van der Waals surface area contributed by atoms with Crippen LogP contribution < -0.4 is 22.5 Å². The Kier molecular flexibility index (Phi) is 24.7. The predicted octanol–water partition coefficient (Wildman–Crippen LogP) is 2.15. The monoisotopic (exact) mass is 1260 g/mol. The van der Waals surface area contributed by atoms with Gasteiger partial charge in [-0.25, -0.2) is 9.59 Å². The average molecular weight is 1260 g/mol. The number of aromatic amines is 2. The lowest BCUT2D eigenvalue weighted by Gasteiger charge is -2.35. The number of nitrogens with one attached hydrogen (secondary N) is 2. The minimum absolute atomic E-state index is 0.0509. The molecule has 90 heavy (non-hydrogen) atoms. The number of hydrogen-bond donors (Lipinski definition) is 3. The lowest BCUT2D eigenvalue weighted by atomic mass is 10.00. The molecule has 8 atom stereocenters. The summed E-state index contributed by atoms with van der Waals surface area (Å²) >= 11 is 0. The van der Waals surface area contributed by atoms with Gasteiger partial charge >= 0.3 is 23.3 Å². The van der Waals surface area contributed by atoms with Gasteiger partial charge in [-0.05, 0) is 119 Å². The highest BCUT2D eigenvalue weighted by molar-refractivity contribution is 5.96. The van der Waals surface area contributed by atoms with Crippen LogP contribution in [0.3, 0.4) is 0 Å². The summed E-state index contributed by atoms with van der Waals surface area (Å²) in [6, 6.07) is 7.59. The normalized spacial score (nSPS) is 21.6. The Bertz CT molecular complexity index is 3200. The van der Waals surface area contributed by atoms with E-state index in [-0.39, 0.29) is 81.3 Å². The predicted molar refractivity (Wildman–Crippen MR) is 325 cm³/mol. The van der Waals surface area contributed by atoms with Gasteiger partial charge in [-0.2, -0.15) is 0 Å². The Labute approximate surface area is 521 Å². The molecule has 27 nitrogen and oxygen atoms in total. The van der Waals surface area contributed by atoms with Gasteiger partial charge in [0.1, 0.15) is 18.3 Å². The van der Waals surface area contributed by atoms with Gasteiger partial charge in [-0.15, -0.1) is 0 Å². The van der Waals surface area contributed by atoms with E-state index in [1.165, 1.54) is 43.7 Å². The standard InChI is InChI=1S/C32H44N4O9.C31H42N4O10/c1-7-24-27(28(43-15-14-42-6)31(44-24)36-18-21(4)29(39)33-32(36)41)45-26(38)9-8-25(37)34-10-12-35(13-11-34)30(40)23-16-19(2)22(5)20(3)17-23;1-18-14-22(15-19(2)21(18)4)29(40)34-10-8-33(9-11-34)24(37)6-7-25(38)45-26-23(17-36)44-30(27(26)43-13-12-42-5)35-16-20(3)28(39)32-31(35)41/h16-18,24,27-28,31H,7-15H2,1-6H3,(H,33,39,41);14-16,23,26-27,30,36H,6-13,17H2,1-5H3,(H,32,39,41)/t24-,27?,28+,31-;23-,26?,27+,30-/m11/s1. The molecule has 4 aromatic rings. The summed E-state index contributed by atoms with van der Waals surface area (Å²) in [5, 5.41) is 10.0. The fraction of sp³-hybridized carbons (Fsp3) is 0.587. The van der Waals surface area contributed by atoms with Gasteiger partial charge < -0.3 is 62.6 Å². The van der Waals surface area contributed by atoms with Crippen molar-refractivity contribution in [3.8, 4) is 0 Å². The average Bonchev–Trinajstić information content (AvgIpc) is 1.72. The third-order valence-electron chi connectivity index (χ3n) is 17.0. The number of hydrogen-bond acceptors (Lipinski definition) is 19. The molecule has 4 aliphatic heterocycles. The molecular weight excluding hydrogens is 1170 g/mol. The first-order valence-corrected chi connectivity index (χ1v) is 30.4. The minimum atomic E-state index is -1.12. The summed E-state index contributed by atoms with van der Waals surface area (Å²) in [6.07, 6.45) is -4.94. The zero-order chi connectivity index (χ0) is 65.7. The summed E-state index contributed by atoms with van der Waals surface area (Å²) in [5.74, 6) is -1.88. The summed E-state index contributed by atoms with van der Waals surface area (Å²) in [6.45, 7) is 20.1. The van der Waals surface area contributed by atoms with E-state index in [1.807, 2.05) is 72.7 Å². The van der Waals surface area contributed by atoms with Crippen molar-refractivity contribution in [2.75, 3.05) is 99.6 Å². The number of amides is 4. The summed E-state index contributed by atoms with van der Waals surface area (Å²) in [7, 11) is 3.00.